The van der Waals surface area contributed by atoms with E-state index in [9.17, 15) is 14.4 Å². The van der Waals surface area contributed by atoms with Crippen LogP contribution in [0.5, 0.6) is 0 Å². The summed E-state index contributed by atoms with van der Waals surface area (Å²) in [6.07, 6.45) is 1.58. The molecular formula is C19H18ClN5O4. The Morgan fingerprint density at radius 1 is 1.28 bits per heavy atom. The fourth-order valence-corrected chi connectivity index (χ4v) is 3.48. The van der Waals surface area contributed by atoms with Gasteiger partial charge in [-0.3, -0.25) is 14.6 Å². The number of oxazole rings is 1. The highest BCUT2D eigenvalue weighted by Crippen LogP contribution is 2.21. The first-order chi connectivity index (χ1) is 13.9. The van der Waals surface area contributed by atoms with E-state index in [1.165, 1.54) is 11.0 Å². The van der Waals surface area contributed by atoms with Crippen molar-refractivity contribution in [3.63, 3.8) is 0 Å². The Morgan fingerprint density at radius 3 is 2.83 bits per heavy atom. The minimum atomic E-state index is -0.743. The third-order valence-electron chi connectivity index (χ3n) is 4.79. The van der Waals surface area contributed by atoms with Gasteiger partial charge in [-0.15, -0.1) is 0 Å². The highest BCUT2D eigenvalue weighted by atomic mass is 35.5. The van der Waals surface area contributed by atoms with Crippen molar-refractivity contribution in [2.75, 3.05) is 29.9 Å². The number of carbonyl (C=O) groups is 2. The van der Waals surface area contributed by atoms with E-state index in [1.54, 1.807) is 24.4 Å². The number of rotatable bonds is 2. The number of amides is 2. The quantitative estimate of drug-likeness (QED) is 0.618. The molecule has 9 nitrogen and oxygen atoms in total. The van der Waals surface area contributed by atoms with Crippen LogP contribution in [0.1, 0.15) is 6.92 Å². The van der Waals surface area contributed by atoms with Crippen LogP contribution in [0.2, 0.25) is 5.02 Å². The third kappa shape index (κ3) is 3.95. The van der Waals surface area contributed by atoms with Crippen LogP contribution in [0, 0.1) is 0 Å². The maximum absolute atomic E-state index is 12.6. The van der Waals surface area contributed by atoms with Gasteiger partial charge in [0.2, 0.25) is 0 Å². The summed E-state index contributed by atoms with van der Waals surface area (Å²) in [5.74, 6) is -1.16. The zero-order valence-electron chi connectivity index (χ0n) is 15.5. The van der Waals surface area contributed by atoms with Crippen molar-refractivity contribution in [3.05, 3.63) is 52.1 Å². The molecule has 2 amide bonds. The van der Waals surface area contributed by atoms with Crippen molar-refractivity contribution in [3.8, 4) is 0 Å². The summed E-state index contributed by atoms with van der Waals surface area (Å²) < 4.78 is 4.96. The Kier molecular flexibility index (Phi) is 4.98. The molecule has 29 heavy (non-hydrogen) atoms. The Labute approximate surface area is 170 Å². The monoisotopic (exact) mass is 415 g/mol. The van der Waals surface area contributed by atoms with Gasteiger partial charge in [-0.1, -0.05) is 11.6 Å². The number of piperazine rings is 1. The molecule has 0 saturated carbocycles. The number of nitrogens with one attached hydrogen (secondary N) is 2. The van der Waals surface area contributed by atoms with Gasteiger partial charge < -0.3 is 19.5 Å². The van der Waals surface area contributed by atoms with Crippen LogP contribution in [-0.4, -0.2) is 52.4 Å². The molecule has 0 unspecified atom stereocenters. The summed E-state index contributed by atoms with van der Waals surface area (Å²) >= 11 is 5.88. The number of H-pyrrole nitrogens is 1. The number of anilines is 2. The number of fused-ring (bicyclic) bond motifs is 1. The number of pyridine rings is 1. The summed E-state index contributed by atoms with van der Waals surface area (Å²) in [5, 5.41) is 3.12. The lowest BCUT2D eigenvalue weighted by Crippen LogP contribution is -2.56. The fraction of sp³-hybridized carbons (Fsp3) is 0.263. The van der Waals surface area contributed by atoms with E-state index >= 15 is 0 Å². The lowest BCUT2D eigenvalue weighted by atomic mass is 10.2. The molecule has 4 rings (SSSR count). The lowest BCUT2D eigenvalue weighted by molar-refractivity contribution is -0.143. The molecule has 150 valence electrons. The molecule has 1 aliphatic rings. The standard InChI is InChI=1S/C19H18ClN5O4/c1-11-10-24(6-7-25(11)16-5-2-12(20)9-21-16)18(27)17(26)22-13-3-4-14-15(8-13)29-19(28)23-14/h2-5,8-9,11H,6-7,10H2,1H3,(H,22,26)(H,23,28)/t11-/m1/s1. The molecule has 0 aliphatic carbocycles. The minimum Gasteiger partial charge on any atom is -0.408 e. The maximum atomic E-state index is 12.6. The summed E-state index contributed by atoms with van der Waals surface area (Å²) in [7, 11) is 0. The van der Waals surface area contributed by atoms with Gasteiger partial charge in [0.05, 0.1) is 10.5 Å². The smallest absolute Gasteiger partial charge is 0.408 e. The van der Waals surface area contributed by atoms with Gasteiger partial charge in [-0.2, -0.15) is 0 Å². The predicted octanol–water partition coefficient (Wildman–Crippen LogP) is 1.85. The Bertz CT molecular complexity index is 1120. The first kappa shape index (κ1) is 19.0. The van der Waals surface area contributed by atoms with Gasteiger partial charge in [0, 0.05) is 43.6 Å². The highest BCUT2D eigenvalue weighted by Gasteiger charge is 2.30. The molecule has 1 saturated heterocycles. The van der Waals surface area contributed by atoms with Crippen molar-refractivity contribution >= 4 is 46.0 Å². The van der Waals surface area contributed by atoms with Crippen LogP contribution in [0.15, 0.2) is 45.7 Å². The Morgan fingerprint density at radius 2 is 2.10 bits per heavy atom. The number of benzene rings is 1. The van der Waals surface area contributed by atoms with E-state index in [-0.39, 0.29) is 6.04 Å². The van der Waals surface area contributed by atoms with Crippen molar-refractivity contribution < 1.29 is 14.0 Å². The zero-order chi connectivity index (χ0) is 20.5. The molecule has 0 radical (unpaired) electrons. The van der Waals surface area contributed by atoms with E-state index in [1.807, 2.05) is 13.0 Å². The maximum Gasteiger partial charge on any atom is 0.417 e. The normalized spacial score (nSPS) is 16.8. The second-order valence-corrected chi connectivity index (χ2v) is 7.24. The number of hydrogen-bond donors (Lipinski definition) is 2. The van der Waals surface area contributed by atoms with Crippen LogP contribution in [0.25, 0.3) is 11.1 Å². The number of nitrogens with zero attached hydrogens (tertiary/aromatic N) is 3. The zero-order valence-corrected chi connectivity index (χ0v) is 16.3. The van der Waals surface area contributed by atoms with E-state index in [4.69, 9.17) is 16.0 Å². The molecule has 10 heteroatoms. The number of hydrogen-bond acceptors (Lipinski definition) is 6. The summed E-state index contributed by atoms with van der Waals surface area (Å²) in [5.41, 5.74) is 1.19. The molecule has 0 bridgehead atoms. The molecule has 2 N–H and O–H groups in total. The summed E-state index contributed by atoms with van der Waals surface area (Å²) in [6.45, 7) is 3.31. The van der Waals surface area contributed by atoms with Crippen LogP contribution >= 0.6 is 11.6 Å². The molecule has 3 heterocycles. The van der Waals surface area contributed by atoms with Crippen molar-refractivity contribution in [2.45, 2.75) is 13.0 Å². The predicted molar refractivity (Wildman–Crippen MR) is 108 cm³/mol. The summed E-state index contributed by atoms with van der Waals surface area (Å²) in [4.78, 5) is 46.6. The first-order valence-corrected chi connectivity index (χ1v) is 9.40. The molecule has 3 aromatic rings. The summed E-state index contributed by atoms with van der Waals surface area (Å²) in [6, 6.07) is 8.26. The largest absolute Gasteiger partial charge is 0.417 e. The molecule has 1 aliphatic heterocycles. The number of carbonyl (C=O) groups excluding carboxylic acids is 2. The second-order valence-electron chi connectivity index (χ2n) is 6.81. The number of aromatic nitrogens is 2. The highest BCUT2D eigenvalue weighted by molar-refractivity contribution is 6.39. The SMILES string of the molecule is C[C@@H]1CN(C(=O)C(=O)Nc2ccc3[nH]c(=O)oc3c2)CCN1c1ccc(Cl)cn1. The second kappa shape index (κ2) is 7.59. The van der Waals surface area contributed by atoms with Crippen molar-refractivity contribution in [2.24, 2.45) is 0 Å². The van der Waals surface area contributed by atoms with Crippen LogP contribution < -0.4 is 16.0 Å². The third-order valence-corrected chi connectivity index (χ3v) is 5.02. The van der Waals surface area contributed by atoms with Crippen LogP contribution in [0.4, 0.5) is 11.5 Å². The Hall–Kier alpha value is -3.33. The van der Waals surface area contributed by atoms with Gasteiger partial charge >= 0.3 is 17.6 Å². The van der Waals surface area contributed by atoms with Crippen LogP contribution in [0.3, 0.4) is 0 Å². The Balaban J connectivity index is 1.40. The van der Waals surface area contributed by atoms with E-state index < -0.39 is 17.6 Å². The van der Waals surface area contributed by atoms with E-state index in [0.29, 0.717) is 41.4 Å². The molecule has 1 fully saturated rings. The van der Waals surface area contributed by atoms with Crippen molar-refractivity contribution in [1.29, 1.82) is 0 Å². The molecule has 0 spiro atoms. The van der Waals surface area contributed by atoms with E-state index in [0.717, 1.165) is 5.82 Å². The lowest BCUT2D eigenvalue weighted by Gasteiger charge is -2.40. The molecule has 1 atom stereocenters. The van der Waals surface area contributed by atoms with Gasteiger partial charge in [0.25, 0.3) is 0 Å². The van der Waals surface area contributed by atoms with Gasteiger partial charge in [0.15, 0.2) is 5.58 Å². The van der Waals surface area contributed by atoms with Crippen LogP contribution in [-0.2, 0) is 9.59 Å². The molecule has 1 aromatic carbocycles. The number of aromatic amines is 1. The molecule has 2 aromatic heterocycles. The van der Waals surface area contributed by atoms with Crippen molar-refractivity contribution in [1.82, 2.24) is 14.9 Å². The topological polar surface area (TPSA) is 112 Å². The van der Waals surface area contributed by atoms with E-state index in [2.05, 4.69) is 20.2 Å². The van der Waals surface area contributed by atoms with Gasteiger partial charge in [0.1, 0.15) is 5.82 Å². The van der Waals surface area contributed by atoms with Gasteiger partial charge in [-0.05, 0) is 31.2 Å². The average molecular weight is 416 g/mol. The minimum absolute atomic E-state index is 0.0142. The molecular weight excluding hydrogens is 398 g/mol. The fourth-order valence-electron chi connectivity index (χ4n) is 3.37. The number of halogens is 1. The first-order valence-electron chi connectivity index (χ1n) is 9.02. The van der Waals surface area contributed by atoms with Gasteiger partial charge in [-0.25, -0.2) is 9.78 Å². The average Bonchev–Trinajstić information content (AvgIpc) is 3.07.